The van der Waals surface area contributed by atoms with Crippen LogP contribution in [-0.2, 0) is 10.0 Å². The lowest BCUT2D eigenvalue weighted by Gasteiger charge is -2.10. The van der Waals surface area contributed by atoms with E-state index in [0.29, 0.717) is 11.4 Å². The van der Waals surface area contributed by atoms with Gasteiger partial charge >= 0.3 is 0 Å². The molecular weight excluding hydrogens is 293 g/mol. The molecule has 0 saturated carbocycles. The van der Waals surface area contributed by atoms with Crippen LogP contribution in [0.4, 0.5) is 15.8 Å². The lowest BCUT2D eigenvalue weighted by atomic mass is 10.2. The number of sulfonamides is 1. The van der Waals surface area contributed by atoms with E-state index in [4.69, 9.17) is 11.0 Å². The fourth-order valence-electron chi connectivity index (χ4n) is 1.68. The first-order valence-corrected chi connectivity index (χ1v) is 7.40. The predicted octanol–water partition coefficient (Wildman–Crippen LogP) is 2.39. The highest BCUT2D eigenvalue weighted by molar-refractivity contribution is 7.92. The Morgan fingerprint density at radius 2 is 1.95 bits per heavy atom. The van der Waals surface area contributed by atoms with E-state index in [1.165, 1.54) is 6.07 Å². The molecule has 0 heterocycles. The van der Waals surface area contributed by atoms with Crippen LogP contribution < -0.4 is 10.5 Å². The lowest BCUT2D eigenvalue weighted by molar-refractivity contribution is 0.599. The van der Waals surface area contributed by atoms with E-state index in [0.717, 1.165) is 23.8 Å². The van der Waals surface area contributed by atoms with Gasteiger partial charge in [-0.1, -0.05) is 6.07 Å². The Morgan fingerprint density at radius 3 is 2.57 bits per heavy atom. The minimum Gasteiger partial charge on any atom is -0.398 e. The zero-order valence-corrected chi connectivity index (χ0v) is 11.9. The third-order valence-corrected chi connectivity index (χ3v) is 4.28. The van der Waals surface area contributed by atoms with Crippen molar-refractivity contribution in [2.24, 2.45) is 0 Å². The topological polar surface area (TPSA) is 96.0 Å². The number of anilines is 2. The van der Waals surface area contributed by atoms with Gasteiger partial charge in [0.05, 0.1) is 16.1 Å². The summed E-state index contributed by atoms with van der Waals surface area (Å²) in [5.74, 6) is -0.768. The van der Waals surface area contributed by atoms with Gasteiger partial charge in [0.25, 0.3) is 10.0 Å². The Balaban J connectivity index is 2.38. The van der Waals surface area contributed by atoms with Crippen LogP contribution in [0.5, 0.6) is 0 Å². The molecule has 0 spiro atoms. The summed E-state index contributed by atoms with van der Waals surface area (Å²) in [7, 11) is -3.92. The van der Waals surface area contributed by atoms with E-state index in [2.05, 4.69) is 4.72 Å². The van der Waals surface area contributed by atoms with Crippen molar-refractivity contribution in [3.8, 4) is 6.07 Å². The number of nitrogens with zero attached hydrogens (tertiary/aromatic N) is 1. The third kappa shape index (κ3) is 3.12. The summed E-state index contributed by atoms with van der Waals surface area (Å²) in [6.07, 6.45) is 0. The van der Waals surface area contributed by atoms with Gasteiger partial charge in [0, 0.05) is 5.69 Å². The quantitative estimate of drug-likeness (QED) is 0.851. The van der Waals surface area contributed by atoms with E-state index in [-0.39, 0.29) is 10.5 Å². The van der Waals surface area contributed by atoms with E-state index < -0.39 is 15.8 Å². The van der Waals surface area contributed by atoms with Crippen LogP contribution in [0.15, 0.2) is 41.3 Å². The summed E-state index contributed by atoms with van der Waals surface area (Å²) in [4.78, 5) is -0.195. The van der Waals surface area contributed by atoms with Crippen LogP contribution in [0, 0.1) is 24.1 Å². The number of halogens is 1. The number of aryl methyl sites for hydroxylation is 1. The highest BCUT2D eigenvalue weighted by atomic mass is 32.2. The summed E-state index contributed by atoms with van der Waals surface area (Å²) >= 11 is 0. The first-order valence-electron chi connectivity index (χ1n) is 5.92. The van der Waals surface area contributed by atoms with Crippen LogP contribution in [0.25, 0.3) is 0 Å². The summed E-state index contributed by atoms with van der Waals surface area (Å²) < 4.78 is 39.9. The fourth-order valence-corrected chi connectivity index (χ4v) is 2.75. The molecular formula is C14H12FN3O2S. The van der Waals surface area contributed by atoms with Gasteiger partial charge in [-0.05, 0) is 42.8 Å². The van der Waals surface area contributed by atoms with Gasteiger partial charge in [0.15, 0.2) is 0 Å². The first-order chi connectivity index (χ1) is 9.83. The number of nitrogen functional groups attached to an aromatic ring is 1. The molecule has 0 saturated heterocycles. The zero-order valence-electron chi connectivity index (χ0n) is 11.1. The van der Waals surface area contributed by atoms with E-state index in [1.807, 2.05) is 0 Å². The van der Waals surface area contributed by atoms with Crippen molar-refractivity contribution in [1.29, 1.82) is 5.26 Å². The number of hydrogen-bond acceptors (Lipinski definition) is 4. The minimum absolute atomic E-state index is 0.195. The Morgan fingerprint density at radius 1 is 1.24 bits per heavy atom. The molecule has 0 fully saturated rings. The third-order valence-electron chi connectivity index (χ3n) is 2.90. The molecule has 3 N–H and O–H groups in total. The summed E-state index contributed by atoms with van der Waals surface area (Å²) in [5, 5.41) is 8.74. The van der Waals surface area contributed by atoms with Crippen molar-refractivity contribution in [3.05, 3.63) is 53.3 Å². The normalized spacial score (nSPS) is 10.9. The standard InChI is InChI=1S/C14H12FN3O2S/c1-9-2-3-11(7-14(9)17)18-21(19,20)12-4-5-13(15)10(6-12)8-16/h2-7,18H,17H2,1H3. The Bertz CT molecular complexity index is 842. The summed E-state index contributed by atoms with van der Waals surface area (Å²) in [5.41, 5.74) is 6.95. The van der Waals surface area contributed by atoms with Crippen molar-refractivity contribution in [2.75, 3.05) is 10.5 Å². The molecule has 7 heteroatoms. The second-order valence-electron chi connectivity index (χ2n) is 4.43. The smallest absolute Gasteiger partial charge is 0.261 e. The number of hydrogen-bond donors (Lipinski definition) is 2. The SMILES string of the molecule is Cc1ccc(NS(=O)(=O)c2ccc(F)c(C#N)c2)cc1N. The lowest BCUT2D eigenvalue weighted by Crippen LogP contribution is -2.13. The minimum atomic E-state index is -3.92. The van der Waals surface area contributed by atoms with Crippen LogP contribution in [0.1, 0.15) is 11.1 Å². The number of rotatable bonds is 3. The van der Waals surface area contributed by atoms with Gasteiger partial charge in [0.2, 0.25) is 0 Å². The van der Waals surface area contributed by atoms with Crippen molar-refractivity contribution in [2.45, 2.75) is 11.8 Å². The van der Waals surface area contributed by atoms with Gasteiger partial charge < -0.3 is 5.73 Å². The number of nitrogens with one attached hydrogen (secondary N) is 1. The Hall–Kier alpha value is -2.59. The molecule has 2 aromatic carbocycles. The second-order valence-corrected chi connectivity index (χ2v) is 6.11. The van der Waals surface area contributed by atoms with Gasteiger partial charge in [-0.3, -0.25) is 4.72 Å². The molecule has 108 valence electrons. The van der Waals surface area contributed by atoms with Gasteiger partial charge in [-0.15, -0.1) is 0 Å². The molecule has 0 amide bonds. The molecule has 0 aliphatic rings. The van der Waals surface area contributed by atoms with Crippen LogP contribution in [0.2, 0.25) is 0 Å². The van der Waals surface area contributed by atoms with Crippen LogP contribution >= 0.6 is 0 Å². The van der Waals surface area contributed by atoms with Gasteiger partial charge in [-0.25, -0.2) is 12.8 Å². The summed E-state index contributed by atoms with van der Waals surface area (Å²) in [6, 6.07) is 9.35. The second kappa shape index (κ2) is 5.42. The summed E-state index contributed by atoms with van der Waals surface area (Å²) in [6.45, 7) is 1.80. The molecule has 0 unspecified atom stereocenters. The molecule has 0 aliphatic carbocycles. The van der Waals surface area contributed by atoms with E-state index in [1.54, 1.807) is 25.1 Å². The predicted molar refractivity (Wildman–Crippen MR) is 77.5 cm³/mol. The first kappa shape index (κ1) is 14.8. The van der Waals surface area contributed by atoms with E-state index in [9.17, 15) is 12.8 Å². The number of nitrogens with two attached hydrogens (primary N) is 1. The highest BCUT2D eigenvalue weighted by Crippen LogP contribution is 2.21. The fraction of sp³-hybridized carbons (Fsp3) is 0.0714. The molecule has 2 aromatic rings. The van der Waals surface area contributed by atoms with Crippen molar-refractivity contribution in [3.63, 3.8) is 0 Å². The van der Waals surface area contributed by atoms with Crippen molar-refractivity contribution < 1.29 is 12.8 Å². The van der Waals surface area contributed by atoms with Crippen molar-refractivity contribution in [1.82, 2.24) is 0 Å². The molecule has 2 rings (SSSR count). The Labute approximate surface area is 121 Å². The van der Waals surface area contributed by atoms with Gasteiger partial charge in [0.1, 0.15) is 11.9 Å². The van der Waals surface area contributed by atoms with Crippen molar-refractivity contribution >= 4 is 21.4 Å². The molecule has 21 heavy (non-hydrogen) atoms. The molecule has 0 atom stereocenters. The maximum Gasteiger partial charge on any atom is 0.261 e. The zero-order chi connectivity index (χ0) is 15.6. The molecule has 0 bridgehead atoms. The van der Waals surface area contributed by atoms with Gasteiger partial charge in [-0.2, -0.15) is 5.26 Å². The largest absolute Gasteiger partial charge is 0.398 e. The maximum absolute atomic E-state index is 13.2. The molecule has 0 aromatic heterocycles. The maximum atomic E-state index is 13.2. The molecule has 0 aliphatic heterocycles. The number of benzene rings is 2. The number of nitriles is 1. The molecule has 5 nitrogen and oxygen atoms in total. The highest BCUT2D eigenvalue weighted by Gasteiger charge is 2.16. The monoisotopic (exact) mass is 305 g/mol. The molecule has 0 radical (unpaired) electrons. The van der Waals surface area contributed by atoms with Crippen LogP contribution in [-0.4, -0.2) is 8.42 Å². The average molecular weight is 305 g/mol. The Kier molecular flexibility index (Phi) is 3.82. The van der Waals surface area contributed by atoms with E-state index >= 15 is 0 Å². The average Bonchev–Trinajstić information content (AvgIpc) is 2.43. The van der Waals surface area contributed by atoms with Crippen LogP contribution in [0.3, 0.4) is 0 Å².